The van der Waals surface area contributed by atoms with E-state index in [1.807, 2.05) is 0 Å². The fraction of sp³-hybridized carbons (Fsp3) is 0.222. The van der Waals surface area contributed by atoms with Gasteiger partial charge in [-0.1, -0.05) is 39.7 Å². The highest BCUT2D eigenvalue weighted by Crippen LogP contribution is 2.18. The number of halogens is 2. The van der Waals surface area contributed by atoms with Gasteiger partial charge < -0.3 is 15.2 Å². The Morgan fingerprint density at radius 2 is 1.92 bits per heavy atom. The lowest BCUT2D eigenvalue weighted by Crippen LogP contribution is -2.46. The minimum Gasteiger partial charge on any atom is -0.464 e. The standard InChI is InChI=1S/C18H17BrClNO4/c1-2-25-18(24)15(21-14-8-6-13(20)7-9-14)17(23)16(22)11-4-3-5-12(19)10-11/h3-10,15,17,21,23H,2H2,1H3. The van der Waals surface area contributed by atoms with Crippen LogP contribution in [0.3, 0.4) is 0 Å². The number of benzene rings is 2. The van der Waals surface area contributed by atoms with Crippen molar-refractivity contribution in [2.45, 2.75) is 19.1 Å². The van der Waals surface area contributed by atoms with Gasteiger partial charge in [0, 0.05) is 20.7 Å². The van der Waals surface area contributed by atoms with E-state index in [2.05, 4.69) is 21.2 Å². The van der Waals surface area contributed by atoms with Gasteiger partial charge in [0.1, 0.15) is 6.10 Å². The van der Waals surface area contributed by atoms with Gasteiger partial charge in [-0.05, 0) is 43.3 Å². The second-order valence-corrected chi connectivity index (χ2v) is 6.55. The molecule has 0 amide bonds. The number of carbonyl (C=O) groups excluding carboxylic acids is 2. The van der Waals surface area contributed by atoms with Crippen molar-refractivity contribution in [1.82, 2.24) is 0 Å². The molecule has 2 rings (SSSR count). The summed E-state index contributed by atoms with van der Waals surface area (Å²) in [5.41, 5.74) is 0.817. The number of aliphatic hydroxyl groups excluding tert-OH is 1. The van der Waals surface area contributed by atoms with Gasteiger partial charge in [0.15, 0.2) is 11.8 Å². The zero-order chi connectivity index (χ0) is 18.4. The normalized spacial score (nSPS) is 13.0. The monoisotopic (exact) mass is 425 g/mol. The highest BCUT2D eigenvalue weighted by atomic mass is 79.9. The smallest absolute Gasteiger partial charge is 0.331 e. The summed E-state index contributed by atoms with van der Waals surface area (Å²) in [5.74, 6) is -1.30. The van der Waals surface area contributed by atoms with E-state index < -0.39 is 23.9 Å². The fourth-order valence-corrected chi connectivity index (χ4v) is 2.71. The maximum Gasteiger partial charge on any atom is 0.331 e. The molecular weight excluding hydrogens is 410 g/mol. The van der Waals surface area contributed by atoms with Gasteiger partial charge in [0.25, 0.3) is 0 Å². The van der Waals surface area contributed by atoms with Gasteiger partial charge in [0.2, 0.25) is 0 Å². The van der Waals surface area contributed by atoms with Crippen LogP contribution in [0.4, 0.5) is 5.69 Å². The van der Waals surface area contributed by atoms with E-state index in [4.69, 9.17) is 16.3 Å². The number of ether oxygens (including phenoxy) is 1. The molecule has 0 radical (unpaired) electrons. The molecule has 2 N–H and O–H groups in total. The Balaban J connectivity index is 2.25. The van der Waals surface area contributed by atoms with E-state index in [9.17, 15) is 14.7 Å². The van der Waals surface area contributed by atoms with Gasteiger partial charge in [-0.2, -0.15) is 0 Å². The third kappa shape index (κ3) is 5.29. The van der Waals surface area contributed by atoms with Crippen molar-refractivity contribution in [2.75, 3.05) is 11.9 Å². The lowest BCUT2D eigenvalue weighted by molar-refractivity contribution is -0.145. The summed E-state index contributed by atoms with van der Waals surface area (Å²) >= 11 is 9.12. The van der Waals surface area contributed by atoms with E-state index >= 15 is 0 Å². The Labute approximate surface area is 159 Å². The number of ketones is 1. The van der Waals surface area contributed by atoms with Crippen LogP contribution in [-0.4, -0.2) is 35.6 Å². The van der Waals surface area contributed by atoms with Crippen molar-refractivity contribution in [1.29, 1.82) is 0 Å². The summed E-state index contributed by atoms with van der Waals surface area (Å²) in [5, 5.41) is 13.9. The lowest BCUT2D eigenvalue weighted by atomic mass is 10.00. The number of aliphatic hydroxyl groups is 1. The maximum atomic E-state index is 12.6. The molecule has 0 saturated carbocycles. The summed E-state index contributed by atoms with van der Waals surface area (Å²) in [7, 11) is 0. The van der Waals surface area contributed by atoms with E-state index in [1.54, 1.807) is 55.5 Å². The van der Waals surface area contributed by atoms with Crippen LogP contribution in [0, 0.1) is 0 Å². The second kappa shape index (κ2) is 8.99. The van der Waals surface area contributed by atoms with Crippen LogP contribution in [0.15, 0.2) is 53.0 Å². The largest absolute Gasteiger partial charge is 0.464 e. The maximum absolute atomic E-state index is 12.6. The minimum absolute atomic E-state index is 0.134. The first kappa shape index (κ1) is 19.4. The molecule has 2 aromatic carbocycles. The van der Waals surface area contributed by atoms with E-state index in [-0.39, 0.29) is 12.2 Å². The third-order valence-electron chi connectivity index (χ3n) is 3.40. The molecule has 0 aromatic heterocycles. The topological polar surface area (TPSA) is 75.6 Å². The van der Waals surface area contributed by atoms with Crippen LogP contribution in [0.5, 0.6) is 0 Å². The highest BCUT2D eigenvalue weighted by Gasteiger charge is 2.34. The predicted molar refractivity (Wildman–Crippen MR) is 100.0 cm³/mol. The summed E-state index contributed by atoms with van der Waals surface area (Å²) in [6.45, 7) is 1.79. The first-order valence-corrected chi connectivity index (χ1v) is 8.76. The predicted octanol–water partition coefficient (Wildman–Crippen LogP) is 3.69. The molecule has 0 aliphatic carbocycles. The molecule has 2 aromatic rings. The van der Waals surface area contributed by atoms with Crippen LogP contribution < -0.4 is 5.32 Å². The van der Waals surface area contributed by atoms with Gasteiger partial charge in [-0.15, -0.1) is 0 Å². The van der Waals surface area contributed by atoms with Crippen molar-refractivity contribution in [3.05, 3.63) is 63.6 Å². The highest BCUT2D eigenvalue weighted by molar-refractivity contribution is 9.10. The van der Waals surface area contributed by atoms with E-state index in [0.29, 0.717) is 15.2 Å². The quantitative estimate of drug-likeness (QED) is 0.522. The number of esters is 1. The first-order valence-electron chi connectivity index (χ1n) is 7.59. The van der Waals surface area contributed by atoms with E-state index in [0.717, 1.165) is 0 Å². The van der Waals surface area contributed by atoms with Crippen molar-refractivity contribution < 1.29 is 19.4 Å². The summed E-state index contributed by atoms with van der Waals surface area (Å²) in [4.78, 5) is 24.8. The Bertz CT molecular complexity index is 751. The van der Waals surface area contributed by atoms with Gasteiger partial charge in [-0.3, -0.25) is 4.79 Å². The van der Waals surface area contributed by atoms with Crippen LogP contribution in [0.25, 0.3) is 0 Å². The lowest BCUT2D eigenvalue weighted by Gasteiger charge is -2.22. The number of hydrogen-bond acceptors (Lipinski definition) is 5. The van der Waals surface area contributed by atoms with Gasteiger partial charge in [-0.25, -0.2) is 4.79 Å². The van der Waals surface area contributed by atoms with Crippen LogP contribution >= 0.6 is 27.5 Å². The van der Waals surface area contributed by atoms with Crippen LogP contribution in [0.2, 0.25) is 5.02 Å². The molecule has 5 nitrogen and oxygen atoms in total. The molecule has 0 fully saturated rings. The molecule has 7 heteroatoms. The molecule has 0 heterocycles. The molecule has 0 aliphatic heterocycles. The van der Waals surface area contributed by atoms with Crippen LogP contribution in [-0.2, 0) is 9.53 Å². The zero-order valence-electron chi connectivity index (χ0n) is 13.4. The summed E-state index contributed by atoms with van der Waals surface area (Å²) < 4.78 is 5.68. The number of anilines is 1. The third-order valence-corrected chi connectivity index (χ3v) is 4.15. The summed E-state index contributed by atoms with van der Waals surface area (Å²) in [6.07, 6.45) is -1.61. The van der Waals surface area contributed by atoms with Crippen molar-refractivity contribution in [2.24, 2.45) is 0 Å². The van der Waals surface area contributed by atoms with Gasteiger partial charge >= 0.3 is 5.97 Å². The van der Waals surface area contributed by atoms with E-state index in [1.165, 1.54) is 0 Å². The molecule has 0 bridgehead atoms. The average molecular weight is 427 g/mol. The molecule has 0 aliphatic rings. The molecular formula is C18H17BrClNO4. The molecule has 0 saturated heterocycles. The zero-order valence-corrected chi connectivity index (χ0v) is 15.8. The Hall–Kier alpha value is -1.89. The second-order valence-electron chi connectivity index (χ2n) is 5.20. The molecule has 2 atom stereocenters. The Morgan fingerprint density at radius 1 is 1.24 bits per heavy atom. The number of Topliss-reactive ketones (excluding diaryl/α,β-unsaturated/α-hetero) is 1. The number of rotatable bonds is 7. The van der Waals surface area contributed by atoms with Gasteiger partial charge in [0.05, 0.1) is 6.61 Å². The number of nitrogens with one attached hydrogen (secondary N) is 1. The van der Waals surface area contributed by atoms with Crippen molar-refractivity contribution >= 4 is 45.0 Å². The molecule has 132 valence electrons. The minimum atomic E-state index is -1.61. The van der Waals surface area contributed by atoms with Crippen LogP contribution in [0.1, 0.15) is 17.3 Å². The first-order chi connectivity index (χ1) is 11.9. The number of carbonyl (C=O) groups is 2. The molecule has 25 heavy (non-hydrogen) atoms. The Morgan fingerprint density at radius 3 is 2.52 bits per heavy atom. The van der Waals surface area contributed by atoms with Crippen molar-refractivity contribution in [3.63, 3.8) is 0 Å². The fourth-order valence-electron chi connectivity index (χ4n) is 2.19. The molecule has 2 unspecified atom stereocenters. The molecule has 0 spiro atoms. The SMILES string of the molecule is CCOC(=O)C(Nc1ccc(Cl)cc1)C(O)C(=O)c1cccc(Br)c1. The number of hydrogen-bond donors (Lipinski definition) is 2. The van der Waals surface area contributed by atoms with Crippen molar-refractivity contribution in [3.8, 4) is 0 Å². The average Bonchev–Trinajstić information content (AvgIpc) is 2.60. The Kier molecular flexibility index (Phi) is 6.99. The summed E-state index contributed by atoms with van der Waals surface area (Å²) in [6, 6.07) is 11.9.